The molecule has 0 saturated heterocycles. The van der Waals surface area contributed by atoms with Crippen molar-refractivity contribution in [2.45, 2.75) is 26.4 Å². The predicted octanol–water partition coefficient (Wildman–Crippen LogP) is 3.16. The topological polar surface area (TPSA) is 0 Å². The first-order valence-electron chi connectivity index (χ1n) is 4.77. The minimum absolute atomic E-state index is 0. The van der Waals surface area contributed by atoms with Crippen LogP contribution in [-0.2, 0) is 28.1 Å². The van der Waals surface area contributed by atoms with E-state index in [9.17, 15) is 0 Å². The van der Waals surface area contributed by atoms with E-state index < -0.39 is 0 Å². The maximum atomic E-state index is 2.26. The van der Waals surface area contributed by atoms with E-state index in [2.05, 4.69) is 50.4 Å². The fraction of sp³-hybridized carbons (Fsp3) is 0.333. The van der Waals surface area contributed by atoms with Gasteiger partial charge in [-0.25, -0.2) is 0 Å². The third-order valence-corrected chi connectivity index (χ3v) is 1.93. The van der Waals surface area contributed by atoms with Gasteiger partial charge in [-0.1, -0.05) is 49.0 Å². The molecular weight excluding hydrogens is 220 g/mol. The number of hydrogen-bond acceptors (Lipinski definition) is 0. The number of fused-ring (bicyclic) bond motifs is 1. The second-order valence-corrected chi connectivity index (χ2v) is 4.60. The normalized spacial score (nSPS) is 11.8. The zero-order chi connectivity index (χ0) is 9.68. The molecule has 0 unspecified atom stereocenters. The summed E-state index contributed by atoms with van der Waals surface area (Å²) < 4.78 is 0. The summed E-state index contributed by atoms with van der Waals surface area (Å²) in [5, 5.41) is 0. The third-order valence-electron chi connectivity index (χ3n) is 1.93. The Hall–Kier alpha value is -0.109. The Kier molecular flexibility index (Phi) is 7.16. The van der Waals surface area contributed by atoms with Gasteiger partial charge in [-0.3, -0.25) is 0 Å². The monoisotopic (exact) mass is 237 g/mol. The zero-order valence-corrected chi connectivity index (χ0v) is 11.9. The Labute approximate surface area is 105 Å². The molecule has 0 aromatic heterocycles. The molecule has 0 aliphatic heterocycles. The first-order valence-corrected chi connectivity index (χ1v) is 7.08. The molecule has 1 aromatic rings. The maximum Gasteiger partial charge on any atom is 0.0213 e. The van der Waals surface area contributed by atoms with Crippen LogP contribution in [0.4, 0.5) is 0 Å². The van der Waals surface area contributed by atoms with Gasteiger partial charge in [-0.2, -0.15) is 0 Å². The van der Waals surface area contributed by atoms with E-state index in [1.807, 2.05) is 0 Å². The van der Waals surface area contributed by atoms with E-state index >= 15 is 0 Å². The molecular formula is C12H17SiTi. The SMILES string of the molecule is CC1=Cc2ccccc2C1.C[SiH]C.[Ti]. The molecule has 0 atom stereocenters. The molecule has 1 aromatic carbocycles. The zero-order valence-electron chi connectivity index (χ0n) is 9.17. The molecule has 1 aliphatic carbocycles. The molecule has 1 aliphatic rings. The quantitative estimate of drug-likeness (QED) is 0.608. The van der Waals surface area contributed by atoms with Gasteiger partial charge in [0.15, 0.2) is 0 Å². The number of rotatable bonds is 0. The van der Waals surface area contributed by atoms with E-state index in [1.54, 1.807) is 0 Å². The van der Waals surface area contributed by atoms with Crippen LogP contribution < -0.4 is 0 Å². The van der Waals surface area contributed by atoms with Gasteiger partial charge >= 0.3 is 0 Å². The van der Waals surface area contributed by atoms with Crippen molar-refractivity contribution in [3.8, 4) is 0 Å². The summed E-state index contributed by atoms with van der Waals surface area (Å²) in [5.74, 6) is 0. The molecule has 73 valence electrons. The van der Waals surface area contributed by atoms with Crippen LogP contribution in [0.3, 0.4) is 0 Å². The fourth-order valence-corrected chi connectivity index (χ4v) is 1.45. The summed E-state index contributed by atoms with van der Waals surface area (Å²) in [5.41, 5.74) is 4.35. The van der Waals surface area contributed by atoms with Crippen LogP contribution in [0.2, 0.25) is 13.1 Å². The van der Waals surface area contributed by atoms with Gasteiger partial charge in [-0.15, -0.1) is 0 Å². The van der Waals surface area contributed by atoms with Crippen molar-refractivity contribution in [1.82, 2.24) is 0 Å². The van der Waals surface area contributed by atoms with Crippen molar-refractivity contribution in [1.29, 1.82) is 0 Å². The maximum absolute atomic E-state index is 2.26. The Morgan fingerprint density at radius 2 is 1.71 bits per heavy atom. The number of benzene rings is 1. The second-order valence-electron chi connectivity index (χ2n) is 3.44. The van der Waals surface area contributed by atoms with E-state index in [1.165, 1.54) is 16.7 Å². The number of allylic oxidation sites excluding steroid dienone is 1. The van der Waals surface area contributed by atoms with E-state index in [0.717, 1.165) is 15.9 Å². The molecule has 1 radical (unpaired) electrons. The summed E-state index contributed by atoms with van der Waals surface area (Å²) in [6.45, 7) is 6.60. The predicted molar refractivity (Wildman–Crippen MR) is 62.7 cm³/mol. The van der Waals surface area contributed by atoms with Crippen molar-refractivity contribution < 1.29 is 21.7 Å². The van der Waals surface area contributed by atoms with Gasteiger partial charge in [0.1, 0.15) is 0 Å². The Morgan fingerprint density at radius 3 is 2.29 bits per heavy atom. The first-order chi connectivity index (χ1) is 6.27. The minimum atomic E-state index is 0. The molecule has 0 nitrogen and oxygen atoms in total. The van der Waals surface area contributed by atoms with Crippen LogP contribution >= 0.6 is 0 Å². The summed E-state index contributed by atoms with van der Waals surface area (Å²) in [7, 11) is 0.750. The minimum Gasteiger partial charge on any atom is -0.0743 e. The van der Waals surface area contributed by atoms with Crippen molar-refractivity contribution in [3.63, 3.8) is 0 Å². The average Bonchev–Trinajstić information content (AvgIpc) is 2.45. The molecule has 0 amide bonds. The summed E-state index contributed by atoms with van der Waals surface area (Å²) in [4.78, 5) is 0. The largest absolute Gasteiger partial charge is 0.0743 e. The van der Waals surface area contributed by atoms with Crippen molar-refractivity contribution in [2.75, 3.05) is 0 Å². The molecule has 0 fully saturated rings. The molecule has 0 spiro atoms. The molecule has 0 bridgehead atoms. The van der Waals surface area contributed by atoms with Gasteiger partial charge in [0, 0.05) is 31.2 Å². The van der Waals surface area contributed by atoms with Crippen LogP contribution in [0, 0.1) is 0 Å². The van der Waals surface area contributed by atoms with E-state index in [4.69, 9.17) is 0 Å². The molecule has 14 heavy (non-hydrogen) atoms. The summed E-state index contributed by atoms with van der Waals surface area (Å²) in [6.07, 6.45) is 3.41. The van der Waals surface area contributed by atoms with Gasteiger partial charge in [-0.05, 0) is 24.5 Å². The van der Waals surface area contributed by atoms with Crippen LogP contribution in [0.25, 0.3) is 6.08 Å². The van der Waals surface area contributed by atoms with Gasteiger partial charge in [0.2, 0.25) is 0 Å². The standard InChI is InChI=1S/C10H10.C2H7Si.Ti/c1-8-6-9-4-2-3-5-10(9)7-8;1-3-2;/h2-6H,7H2,1H3;3H,1-2H3;. The summed E-state index contributed by atoms with van der Waals surface area (Å²) >= 11 is 0. The fourth-order valence-electron chi connectivity index (χ4n) is 1.45. The first kappa shape index (κ1) is 13.9. The van der Waals surface area contributed by atoms with Crippen molar-refractivity contribution in [2.24, 2.45) is 0 Å². The second kappa shape index (κ2) is 7.22. The van der Waals surface area contributed by atoms with Crippen LogP contribution in [0.5, 0.6) is 0 Å². The Bertz CT molecular complexity index is 305. The Morgan fingerprint density at radius 1 is 1.14 bits per heavy atom. The van der Waals surface area contributed by atoms with E-state index in [-0.39, 0.29) is 21.7 Å². The van der Waals surface area contributed by atoms with Gasteiger partial charge in [0.25, 0.3) is 0 Å². The molecule has 2 rings (SSSR count). The summed E-state index contributed by atoms with van der Waals surface area (Å²) in [6, 6.07) is 8.56. The average molecular weight is 237 g/mol. The van der Waals surface area contributed by atoms with Crippen LogP contribution in [0.15, 0.2) is 29.8 Å². The van der Waals surface area contributed by atoms with Gasteiger partial charge in [0.05, 0.1) is 0 Å². The molecule has 0 N–H and O–H groups in total. The molecule has 0 saturated carbocycles. The van der Waals surface area contributed by atoms with Crippen LogP contribution in [0.1, 0.15) is 18.1 Å². The van der Waals surface area contributed by atoms with E-state index in [0.29, 0.717) is 0 Å². The number of hydrogen-bond donors (Lipinski definition) is 0. The third kappa shape index (κ3) is 3.95. The smallest absolute Gasteiger partial charge is 0.0213 e. The van der Waals surface area contributed by atoms with Crippen LogP contribution in [-0.4, -0.2) is 9.52 Å². The van der Waals surface area contributed by atoms with Crippen molar-refractivity contribution in [3.05, 3.63) is 41.0 Å². The van der Waals surface area contributed by atoms with Gasteiger partial charge < -0.3 is 0 Å². The van der Waals surface area contributed by atoms with Crippen molar-refractivity contribution >= 4 is 15.6 Å². The molecule has 2 heteroatoms. The Balaban J connectivity index is 0.000000381. The molecule has 0 heterocycles.